The van der Waals surface area contributed by atoms with Gasteiger partial charge >= 0.3 is 23.2 Å². The molecule has 19 heavy (non-hydrogen) atoms. The maximum atomic E-state index is 11.1. The van der Waals surface area contributed by atoms with Crippen molar-refractivity contribution in [1.82, 2.24) is 5.32 Å². The Morgan fingerprint density at radius 1 is 1.21 bits per heavy atom. The third-order valence-corrected chi connectivity index (χ3v) is 1.38. The number of hydrogen-bond acceptors (Lipinski definition) is 2. The maximum absolute atomic E-state index is 11.1. The summed E-state index contributed by atoms with van der Waals surface area (Å²) in [6.07, 6.45) is 7.09. The number of nitrogens with one attached hydrogen (secondary N) is 1. The Hall–Kier alpha value is -2.05. The van der Waals surface area contributed by atoms with Crippen molar-refractivity contribution in [2.45, 2.75) is 26.4 Å². The number of amides is 1. The van der Waals surface area contributed by atoms with Gasteiger partial charge in [0.1, 0.15) is 5.60 Å². The zero-order chi connectivity index (χ0) is 13.4. The van der Waals surface area contributed by atoms with Crippen molar-refractivity contribution in [3.05, 3.63) is 58.3 Å². The van der Waals surface area contributed by atoms with E-state index in [0.717, 1.165) is 0 Å². The van der Waals surface area contributed by atoms with Crippen molar-refractivity contribution in [2.24, 2.45) is 0 Å². The summed E-state index contributed by atoms with van der Waals surface area (Å²) < 4.78 is 4.99. The Labute approximate surface area is 123 Å². The van der Waals surface area contributed by atoms with Crippen molar-refractivity contribution in [1.29, 1.82) is 0 Å². The molecule has 0 saturated heterocycles. The van der Waals surface area contributed by atoms with E-state index >= 15 is 0 Å². The van der Waals surface area contributed by atoms with Crippen molar-refractivity contribution in [2.75, 3.05) is 0 Å². The summed E-state index contributed by atoms with van der Waals surface area (Å²) in [7, 11) is 0. The van der Waals surface area contributed by atoms with Gasteiger partial charge in [0.15, 0.2) is 0 Å². The molecule has 0 fully saturated rings. The molecule has 0 aromatic rings. The van der Waals surface area contributed by atoms with Crippen molar-refractivity contribution < 1.29 is 26.6 Å². The van der Waals surface area contributed by atoms with Crippen LogP contribution in [-0.4, -0.2) is 11.7 Å². The van der Waals surface area contributed by atoms with E-state index < -0.39 is 11.7 Å². The van der Waals surface area contributed by atoms with E-state index in [1.54, 1.807) is 20.8 Å². The average Bonchev–Trinajstić information content (AvgIpc) is 2.88. The van der Waals surface area contributed by atoms with Gasteiger partial charge in [-0.15, -0.1) is 12.2 Å². The van der Waals surface area contributed by atoms with Crippen molar-refractivity contribution in [3.63, 3.8) is 0 Å². The largest absolute Gasteiger partial charge is 2.00 e. The van der Waals surface area contributed by atoms with Gasteiger partial charge in [-0.05, 0) is 26.5 Å². The molecule has 2 rings (SSSR count). The molecule has 0 saturated carbocycles. The molecule has 2 aliphatic rings. The van der Waals surface area contributed by atoms with Gasteiger partial charge in [-0.25, -0.2) is 16.3 Å². The van der Waals surface area contributed by atoms with E-state index in [-0.39, 0.29) is 17.1 Å². The van der Waals surface area contributed by atoms with Crippen LogP contribution in [0.5, 0.6) is 0 Å². The summed E-state index contributed by atoms with van der Waals surface area (Å²) in [5.74, 6) is 0. The molecule has 1 amide bonds. The molecule has 0 bridgehead atoms. The monoisotopic (exact) mass is 292 g/mol. The van der Waals surface area contributed by atoms with Gasteiger partial charge in [0, 0.05) is 0 Å². The van der Waals surface area contributed by atoms with E-state index in [1.807, 2.05) is 0 Å². The minimum absolute atomic E-state index is 0. The Bertz CT molecular complexity index is 598. The first-order chi connectivity index (χ1) is 8.47. The van der Waals surface area contributed by atoms with Crippen molar-refractivity contribution >= 4 is 6.09 Å². The Kier molecular flexibility index (Phi) is 7.25. The summed E-state index contributed by atoms with van der Waals surface area (Å²) in [5, 5.41) is 2.44. The molecular formula is C15H10FeNO2. The van der Waals surface area contributed by atoms with Gasteiger partial charge in [0.25, 0.3) is 0 Å². The maximum Gasteiger partial charge on any atom is 2.00 e. The SMILES string of the molecule is CC(C)(C)OC(=O)NC1=C=C=C=[C-]1.[C]1=C=C=C=[C-]1.[Fe+2]. The fourth-order valence-electron chi connectivity index (χ4n) is 0.843. The number of allylic oxidation sites excluding steroid dienone is 3. The van der Waals surface area contributed by atoms with Crippen LogP contribution in [0.3, 0.4) is 0 Å². The number of carbonyl (C=O) groups excluding carboxylic acids is 1. The van der Waals surface area contributed by atoms with E-state index in [2.05, 4.69) is 57.9 Å². The normalized spacial score (nSPS) is 11.8. The summed E-state index contributed by atoms with van der Waals surface area (Å²) in [4.78, 5) is 11.1. The molecule has 0 aromatic carbocycles. The molecule has 2 aliphatic carbocycles. The molecule has 0 aromatic heterocycles. The summed E-state index contributed by atoms with van der Waals surface area (Å²) in [5.41, 5.74) is 15.1. The second kappa shape index (κ2) is 8.12. The number of alkyl carbamates (subject to hydrolysis) is 1. The number of rotatable bonds is 1. The van der Waals surface area contributed by atoms with Gasteiger partial charge in [-0.3, -0.25) is 22.9 Å². The fraction of sp³-hybridized carbons (Fsp3) is 0.267. The average molecular weight is 292 g/mol. The molecular weight excluding hydrogens is 282 g/mol. The molecule has 3 nitrogen and oxygen atoms in total. The smallest absolute Gasteiger partial charge is 0.444 e. The zero-order valence-corrected chi connectivity index (χ0v) is 11.8. The second-order valence-electron chi connectivity index (χ2n) is 4.13. The molecule has 0 heterocycles. The Balaban J connectivity index is 0.000000454. The van der Waals surface area contributed by atoms with Crippen LogP contribution in [0.25, 0.3) is 0 Å². The van der Waals surface area contributed by atoms with Crippen LogP contribution in [0.1, 0.15) is 20.8 Å². The van der Waals surface area contributed by atoms with Gasteiger partial charge in [-0.2, -0.15) is 0 Å². The molecule has 1 radical (unpaired) electrons. The van der Waals surface area contributed by atoms with Gasteiger partial charge in [0.05, 0.1) is 0 Å². The van der Waals surface area contributed by atoms with Crippen LogP contribution in [0.2, 0.25) is 0 Å². The molecule has 0 aliphatic heterocycles. The third kappa shape index (κ3) is 8.64. The Morgan fingerprint density at radius 2 is 1.95 bits per heavy atom. The fourth-order valence-corrected chi connectivity index (χ4v) is 0.843. The number of ether oxygens (including phenoxy) is 1. The van der Waals surface area contributed by atoms with Gasteiger partial charge < -0.3 is 10.1 Å². The topological polar surface area (TPSA) is 38.3 Å². The predicted octanol–water partition coefficient (Wildman–Crippen LogP) is 2.30. The van der Waals surface area contributed by atoms with Gasteiger partial charge in [0.2, 0.25) is 0 Å². The van der Waals surface area contributed by atoms with E-state index in [4.69, 9.17) is 4.74 Å². The van der Waals surface area contributed by atoms with Crippen LogP contribution in [0, 0.1) is 18.2 Å². The van der Waals surface area contributed by atoms with Crippen LogP contribution < -0.4 is 5.32 Å². The zero-order valence-electron chi connectivity index (χ0n) is 10.7. The standard InChI is InChI=1S/C10H10NO2.C5.Fe/c1-10(2,3)13-9(12)11-8-6-4-5-7-8;1-2-4-5-3-1;/h1-3H3,(H,11,12);;/q2*-1;+2. The second-order valence-corrected chi connectivity index (χ2v) is 4.13. The van der Waals surface area contributed by atoms with Crippen LogP contribution in [-0.2, 0) is 21.8 Å². The minimum Gasteiger partial charge on any atom is -0.444 e. The first kappa shape index (κ1) is 16.9. The summed E-state index contributed by atoms with van der Waals surface area (Å²) in [6, 6.07) is 0. The van der Waals surface area contributed by atoms with Gasteiger partial charge in [-0.1, -0.05) is 6.08 Å². The first-order valence-electron chi connectivity index (χ1n) is 5.11. The summed E-state index contributed by atoms with van der Waals surface area (Å²) >= 11 is 0. The van der Waals surface area contributed by atoms with E-state index in [0.29, 0.717) is 5.70 Å². The third-order valence-electron chi connectivity index (χ3n) is 1.38. The molecule has 95 valence electrons. The molecule has 1 N–H and O–H groups in total. The minimum atomic E-state index is -0.520. The van der Waals surface area contributed by atoms with E-state index in [9.17, 15) is 4.79 Å². The summed E-state index contributed by atoms with van der Waals surface area (Å²) in [6.45, 7) is 5.38. The van der Waals surface area contributed by atoms with Crippen LogP contribution >= 0.6 is 0 Å². The predicted molar refractivity (Wildman–Crippen MR) is 63.7 cm³/mol. The van der Waals surface area contributed by atoms with Crippen LogP contribution in [0.4, 0.5) is 4.79 Å². The van der Waals surface area contributed by atoms with E-state index in [1.165, 1.54) is 0 Å². The molecule has 0 atom stereocenters. The number of hydrogen-bond donors (Lipinski definition) is 1. The first-order valence-corrected chi connectivity index (χ1v) is 5.11. The molecule has 0 unspecified atom stereocenters. The molecule has 4 heteroatoms. The van der Waals surface area contributed by atoms with Crippen LogP contribution in [0.15, 0.2) is 40.1 Å². The molecule has 0 spiro atoms. The number of carbonyl (C=O) groups is 1. The van der Waals surface area contributed by atoms with Crippen molar-refractivity contribution in [3.8, 4) is 0 Å². The quantitative estimate of drug-likeness (QED) is 0.457. The Morgan fingerprint density at radius 3 is 2.32 bits per heavy atom.